The molecule has 1 aliphatic heterocycles. The molecule has 2 heterocycles. The van der Waals surface area contributed by atoms with Gasteiger partial charge >= 0.3 is 6.09 Å². The van der Waals surface area contributed by atoms with Gasteiger partial charge in [-0.1, -0.05) is 36.4 Å². The van der Waals surface area contributed by atoms with Crippen molar-refractivity contribution in [1.82, 2.24) is 14.8 Å². The summed E-state index contributed by atoms with van der Waals surface area (Å²) in [6.07, 6.45) is 7.34. The highest BCUT2D eigenvalue weighted by atomic mass is 32.2. The van der Waals surface area contributed by atoms with Gasteiger partial charge in [0.05, 0.1) is 4.90 Å². The maximum atomic E-state index is 13.3. The summed E-state index contributed by atoms with van der Waals surface area (Å²) in [6, 6.07) is 15.7. The fourth-order valence-corrected chi connectivity index (χ4v) is 5.29. The lowest BCUT2D eigenvalue weighted by Gasteiger charge is -2.21. The zero-order valence-electron chi connectivity index (χ0n) is 23.3. The Balaban J connectivity index is 1.37. The first-order valence-electron chi connectivity index (χ1n) is 13.3. The van der Waals surface area contributed by atoms with E-state index in [4.69, 9.17) is 14.3 Å². The van der Waals surface area contributed by atoms with Gasteiger partial charge in [0.25, 0.3) is 15.9 Å². The molecule has 1 fully saturated rings. The average Bonchev–Trinajstić information content (AvgIpc) is 3.44. The van der Waals surface area contributed by atoms with Crippen molar-refractivity contribution in [2.45, 2.75) is 63.4 Å². The molecule has 2 aromatic carbocycles. The number of hydrogen-bond acceptors (Lipinski definition) is 7. The molecule has 1 saturated heterocycles. The van der Waals surface area contributed by atoms with E-state index >= 15 is 0 Å². The summed E-state index contributed by atoms with van der Waals surface area (Å²) in [5, 5.41) is 2.72. The molecular weight excluding hydrogens is 546 g/mol. The molecule has 1 aliphatic rings. The Labute approximate surface area is 240 Å². The fourth-order valence-electron chi connectivity index (χ4n) is 4.04. The van der Waals surface area contributed by atoms with Gasteiger partial charge in [-0.25, -0.2) is 27.5 Å². The minimum Gasteiger partial charge on any atom is -0.444 e. The Morgan fingerprint density at radius 1 is 1.07 bits per heavy atom. The SMILES string of the molecule is CC(C)(C)OC(=O)NCc1ccc(-c2cccc(S(=O)(=O)n3ccc(/C=C/C(=O)NOC4CCCCO4)c3)c2)cc1. The topological polar surface area (TPSA) is 125 Å². The molecule has 1 aromatic heterocycles. The predicted octanol–water partition coefficient (Wildman–Crippen LogP) is 5.00. The predicted molar refractivity (Wildman–Crippen MR) is 154 cm³/mol. The second-order valence-corrected chi connectivity index (χ2v) is 12.4. The van der Waals surface area contributed by atoms with Crippen molar-refractivity contribution in [3.8, 4) is 11.1 Å². The number of rotatable bonds is 9. The number of hydrogen-bond donors (Lipinski definition) is 2. The highest BCUT2D eigenvalue weighted by molar-refractivity contribution is 7.90. The number of hydroxylamine groups is 1. The lowest BCUT2D eigenvalue weighted by molar-refractivity contribution is -0.198. The monoisotopic (exact) mass is 581 g/mol. The average molecular weight is 582 g/mol. The molecule has 0 bridgehead atoms. The second kappa shape index (κ2) is 13.2. The van der Waals surface area contributed by atoms with Crippen LogP contribution in [0.2, 0.25) is 0 Å². The summed E-state index contributed by atoms with van der Waals surface area (Å²) < 4.78 is 38.4. The van der Waals surface area contributed by atoms with Crippen LogP contribution in [0, 0.1) is 0 Å². The van der Waals surface area contributed by atoms with Gasteiger partial charge in [-0.2, -0.15) is 0 Å². The lowest BCUT2D eigenvalue weighted by Crippen LogP contribution is -2.32. The number of amides is 2. The Kier molecular flexibility index (Phi) is 9.64. The maximum Gasteiger partial charge on any atom is 0.407 e. The van der Waals surface area contributed by atoms with Crippen LogP contribution in [-0.4, -0.2) is 42.9 Å². The van der Waals surface area contributed by atoms with E-state index in [9.17, 15) is 18.0 Å². The third-order valence-corrected chi connectivity index (χ3v) is 7.71. The number of carbonyl (C=O) groups excluding carboxylic acids is 2. The third kappa shape index (κ3) is 8.78. The minimum absolute atomic E-state index is 0.121. The summed E-state index contributed by atoms with van der Waals surface area (Å²) in [7, 11) is -3.87. The summed E-state index contributed by atoms with van der Waals surface area (Å²) >= 11 is 0. The quantitative estimate of drug-likeness (QED) is 0.269. The van der Waals surface area contributed by atoms with Crippen LogP contribution >= 0.6 is 0 Å². The smallest absolute Gasteiger partial charge is 0.407 e. The van der Waals surface area contributed by atoms with Crippen LogP contribution < -0.4 is 10.8 Å². The molecule has 1 atom stereocenters. The first-order chi connectivity index (χ1) is 19.5. The van der Waals surface area contributed by atoms with Crippen LogP contribution in [0.25, 0.3) is 17.2 Å². The molecule has 2 N–H and O–H groups in total. The molecule has 0 aliphatic carbocycles. The van der Waals surface area contributed by atoms with Crippen LogP contribution in [0.3, 0.4) is 0 Å². The summed E-state index contributed by atoms with van der Waals surface area (Å²) in [6.45, 7) is 6.30. The van der Waals surface area contributed by atoms with Gasteiger partial charge in [-0.15, -0.1) is 0 Å². The van der Waals surface area contributed by atoms with Gasteiger partial charge in [0.1, 0.15) is 5.60 Å². The van der Waals surface area contributed by atoms with Crippen molar-refractivity contribution in [3.05, 3.63) is 84.2 Å². The third-order valence-electron chi connectivity index (χ3n) is 6.08. The number of aromatic nitrogens is 1. The Morgan fingerprint density at radius 2 is 1.85 bits per heavy atom. The molecule has 1 unspecified atom stereocenters. The van der Waals surface area contributed by atoms with Gasteiger partial charge in [0.15, 0.2) is 6.29 Å². The van der Waals surface area contributed by atoms with Gasteiger partial charge in [0, 0.05) is 38.0 Å². The van der Waals surface area contributed by atoms with E-state index in [0.29, 0.717) is 25.1 Å². The largest absolute Gasteiger partial charge is 0.444 e. The van der Waals surface area contributed by atoms with Crippen molar-refractivity contribution in [2.75, 3.05) is 6.61 Å². The number of ether oxygens (including phenoxy) is 2. The molecule has 11 heteroatoms. The number of alkyl carbamates (subject to hydrolysis) is 1. The summed E-state index contributed by atoms with van der Waals surface area (Å²) in [5.41, 5.74) is 4.71. The first kappa shape index (κ1) is 30.0. The summed E-state index contributed by atoms with van der Waals surface area (Å²) in [5.74, 6) is -0.478. The molecule has 218 valence electrons. The number of benzene rings is 2. The Morgan fingerprint density at radius 3 is 2.56 bits per heavy atom. The van der Waals surface area contributed by atoms with Crippen molar-refractivity contribution in [2.24, 2.45) is 0 Å². The lowest BCUT2D eigenvalue weighted by atomic mass is 10.0. The molecule has 0 radical (unpaired) electrons. The van der Waals surface area contributed by atoms with Crippen molar-refractivity contribution in [1.29, 1.82) is 0 Å². The maximum absolute atomic E-state index is 13.3. The van der Waals surface area contributed by atoms with E-state index in [-0.39, 0.29) is 4.90 Å². The zero-order valence-corrected chi connectivity index (χ0v) is 24.1. The molecular formula is C30H35N3O7S. The highest BCUT2D eigenvalue weighted by Gasteiger charge is 2.19. The molecule has 2 amide bonds. The molecule has 41 heavy (non-hydrogen) atoms. The zero-order chi connectivity index (χ0) is 29.5. The van der Waals surface area contributed by atoms with Gasteiger partial charge in [0.2, 0.25) is 0 Å². The number of nitrogens with one attached hydrogen (secondary N) is 2. The molecule has 3 aromatic rings. The highest BCUT2D eigenvalue weighted by Crippen LogP contribution is 2.25. The normalized spacial score (nSPS) is 15.9. The van der Waals surface area contributed by atoms with E-state index in [1.54, 1.807) is 39.0 Å². The van der Waals surface area contributed by atoms with Gasteiger partial charge in [-0.05, 0) is 80.1 Å². The Bertz CT molecular complexity index is 1480. The molecule has 0 spiro atoms. The Hall–Kier alpha value is -3.93. The molecule has 10 nitrogen and oxygen atoms in total. The summed E-state index contributed by atoms with van der Waals surface area (Å²) in [4.78, 5) is 29.3. The minimum atomic E-state index is -3.87. The van der Waals surface area contributed by atoms with Crippen molar-refractivity contribution in [3.63, 3.8) is 0 Å². The van der Waals surface area contributed by atoms with E-state index < -0.39 is 33.9 Å². The standard InChI is InChI=1S/C30H35N3O7S/c1-30(2,3)39-29(35)31-20-22-10-13-24(14-11-22)25-7-6-8-26(19-25)41(36,37)33-17-16-23(21-33)12-15-27(34)32-40-28-9-4-5-18-38-28/h6-8,10-17,19,21,28H,4-5,9,18,20H2,1-3H3,(H,31,35)(H,32,34)/b15-12+. The molecule has 4 rings (SSSR count). The molecule has 0 saturated carbocycles. The van der Waals surface area contributed by atoms with Gasteiger partial charge in [-0.3, -0.25) is 4.79 Å². The van der Waals surface area contributed by atoms with Crippen LogP contribution in [0.1, 0.15) is 51.2 Å². The van der Waals surface area contributed by atoms with E-state index in [1.807, 2.05) is 30.3 Å². The number of nitrogens with zero attached hydrogens (tertiary/aromatic N) is 1. The second-order valence-electron chi connectivity index (χ2n) is 10.6. The van der Waals surface area contributed by atoms with E-state index in [2.05, 4.69) is 10.8 Å². The number of carbonyl (C=O) groups is 2. The van der Waals surface area contributed by atoms with Crippen LogP contribution in [-0.2, 0) is 35.7 Å². The van der Waals surface area contributed by atoms with Crippen LogP contribution in [0.5, 0.6) is 0 Å². The van der Waals surface area contributed by atoms with Crippen LogP contribution in [0.15, 0.2) is 78.0 Å². The first-order valence-corrected chi connectivity index (χ1v) is 14.8. The van der Waals surface area contributed by atoms with Crippen molar-refractivity contribution < 1.29 is 32.3 Å². The van der Waals surface area contributed by atoms with Crippen LogP contribution in [0.4, 0.5) is 4.79 Å². The van der Waals surface area contributed by atoms with Gasteiger partial charge < -0.3 is 14.8 Å². The van der Waals surface area contributed by atoms with E-state index in [0.717, 1.165) is 33.5 Å². The van der Waals surface area contributed by atoms with E-state index in [1.165, 1.54) is 30.6 Å². The fraction of sp³-hybridized carbons (Fsp3) is 0.333. The van der Waals surface area contributed by atoms with Crippen molar-refractivity contribution >= 4 is 28.1 Å².